The van der Waals surface area contributed by atoms with E-state index in [-0.39, 0.29) is 0 Å². The van der Waals surface area contributed by atoms with E-state index in [4.69, 9.17) is 5.73 Å². The van der Waals surface area contributed by atoms with E-state index in [2.05, 4.69) is 40.2 Å². The van der Waals surface area contributed by atoms with Gasteiger partial charge < -0.3 is 5.73 Å². The first-order valence-electron chi connectivity index (χ1n) is 4.49. The fourth-order valence-electron chi connectivity index (χ4n) is 1.84. The monoisotopic (exact) mass is 237 g/mol. The third-order valence-electron chi connectivity index (χ3n) is 2.44. The Kier molecular flexibility index (Phi) is 2.51. The molecule has 2 rings (SSSR count). The SMILES string of the molecule is NC/C=C1/CCc2cc(Br)ccc21. The Morgan fingerprint density at radius 1 is 1.38 bits per heavy atom. The number of hydrogen-bond acceptors (Lipinski definition) is 1. The molecule has 0 unspecified atom stereocenters. The average Bonchev–Trinajstić information content (AvgIpc) is 2.49. The summed E-state index contributed by atoms with van der Waals surface area (Å²) < 4.78 is 1.17. The summed E-state index contributed by atoms with van der Waals surface area (Å²) in [5.41, 5.74) is 9.74. The van der Waals surface area contributed by atoms with Crippen LogP contribution in [-0.4, -0.2) is 6.54 Å². The predicted molar refractivity (Wildman–Crippen MR) is 59.5 cm³/mol. The molecule has 0 saturated carbocycles. The number of nitrogens with two attached hydrogens (primary N) is 1. The van der Waals surface area contributed by atoms with Crippen LogP contribution in [0.5, 0.6) is 0 Å². The van der Waals surface area contributed by atoms with E-state index in [0.717, 1.165) is 12.8 Å². The zero-order chi connectivity index (χ0) is 9.26. The summed E-state index contributed by atoms with van der Waals surface area (Å²) in [6, 6.07) is 6.47. The van der Waals surface area contributed by atoms with Gasteiger partial charge in [0.15, 0.2) is 0 Å². The van der Waals surface area contributed by atoms with Gasteiger partial charge in [-0.15, -0.1) is 0 Å². The molecular formula is C11H12BrN. The van der Waals surface area contributed by atoms with Crippen LogP contribution in [0.2, 0.25) is 0 Å². The molecule has 68 valence electrons. The van der Waals surface area contributed by atoms with Crippen LogP contribution in [0.3, 0.4) is 0 Å². The number of benzene rings is 1. The maximum atomic E-state index is 5.51. The molecule has 0 radical (unpaired) electrons. The summed E-state index contributed by atoms with van der Waals surface area (Å²) in [6.45, 7) is 0.644. The summed E-state index contributed by atoms with van der Waals surface area (Å²) in [4.78, 5) is 0. The first kappa shape index (κ1) is 8.97. The van der Waals surface area contributed by atoms with Crippen LogP contribution in [0.1, 0.15) is 17.5 Å². The summed E-state index contributed by atoms with van der Waals surface area (Å²) in [5, 5.41) is 0. The number of rotatable bonds is 1. The molecule has 1 aliphatic carbocycles. The third kappa shape index (κ3) is 1.69. The highest BCUT2D eigenvalue weighted by atomic mass is 79.9. The standard InChI is InChI=1S/C11H12BrN/c12-10-3-4-11-8(5-6-13)1-2-9(11)7-10/h3-5,7H,1-2,6,13H2/b8-5-. The van der Waals surface area contributed by atoms with Crippen molar-refractivity contribution in [3.63, 3.8) is 0 Å². The molecule has 1 aromatic rings. The fourth-order valence-corrected chi connectivity index (χ4v) is 2.25. The maximum Gasteiger partial charge on any atom is 0.0178 e. The lowest BCUT2D eigenvalue weighted by molar-refractivity contribution is 1.07. The molecule has 2 N–H and O–H groups in total. The van der Waals surface area contributed by atoms with Gasteiger partial charge in [0.25, 0.3) is 0 Å². The minimum atomic E-state index is 0.644. The summed E-state index contributed by atoms with van der Waals surface area (Å²) in [6.07, 6.45) is 4.42. The van der Waals surface area contributed by atoms with Gasteiger partial charge in [0, 0.05) is 11.0 Å². The van der Waals surface area contributed by atoms with Crippen LogP contribution < -0.4 is 5.73 Å². The number of fused-ring (bicyclic) bond motifs is 1. The molecule has 0 heterocycles. The highest BCUT2D eigenvalue weighted by Gasteiger charge is 2.14. The molecule has 0 saturated heterocycles. The van der Waals surface area contributed by atoms with E-state index in [1.54, 1.807) is 0 Å². The first-order chi connectivity index (χ1) is 6.31. The van der Waals surface area contributed by atoms with Crippen LogP contribution in [0.4, 0.5) is 0 Å². The molecule has 1 nitrogen and oxygen atoms in total. The Morgan fingerprint density at radius 2 is 2.23 bits per heavy atom. The van der Waals surface area contributed by atoms with Crippen LogP contribution in [0.25, 0.3) is 5.57 Å². The van der Waals surface area contributed by atoms with Crippen LogP contribution in [-0.2, 0) is 6.42 Å². The van der Waals surface area contributed by atoms with Crippen molar-refractivity contribution in [2.75, 3.05) is 6.54 Å². The number of aryl methyl sites for hydroxylation is 1. The van der Waals surface area contributed by atoms with Gasteiger partial charge in [-0.2, -0.15) is 0 Å². The molecule has 13 heavy (non-hydrogen) atoms. The topological polar surface area (TPSA) is 26.0 Å². The Bertz CT molecular complexity index is 355. The van der Waals surface area contributed by atoms with E-state index in [9.17, 15) is 0 Å². The highest BCUT2D eigenvalue weighted by molar-refractivity contribution is 9.10. The summed E-state index contributed by atoms with van der Waals surface area (Å²) in [7, 11) is 0. The first-order valence-corrected chi connectivity index (χ1v) is 5.28. The van der Waals surface area contributed by atoms with E-state index >= 15 is 0 Å². The van der Waals surface area contributed by atoms with Gasteiger partial charge >= 0.3 is 0 Å². The molecule has 0 bridgehead atoms. The fraction of sp³-hybridized carbons (Fsp3) is 0.273. The van der Waals surface area contributed by atoms with Crippen LogP contribution in [0.15, 0.2) is 28.7 Å². The molecule has 0 atom stereocenters. The van der Waals surface area contributed by atoms with Crippen molar-refractivity contribution in [1.29, 1.82) is 0 Å². The van der Waals surface area contributed by atoms with Gasteiger partial charge in [0.2, 0.25) is 0 Å². The number of halogens is 1. The van der Waals surface area contributed by atoms with Crippen LogP contribution in [0, 0.1) is 0 Å². The number of hydrogen-bond donors (Lipinski definition) is 1. The second kappa shape index (κ2) is 3.64. The second-order valence-electron chi connectivity index (χ2n) is 3.27. The summed E-state index contributed by atoms with van der Waals surface area (Å²) >= 11 is 3.48. The lowest BCUT2D eigenvalue weighted by atomic mass is 10.1. The van der Waals surface area contributed by atoms with Crippen molar-refractivity contribution in [1.82, 2.24) is 0 Å². The molecule has 0 amide bonds. The quantitative estimate of drug-likeness (QED) is 0.799. The molecule has 1 aromatic carbocycles. The smallest absolute Gasteiger partial charge is 0.0178 e. The van der Waals surface area contributed by atoms with E-state index in [1.165, 1.54) is 21.2 Å². The normalized spacial score (nSPS) is 17.8. The Hall–Kier alpha value is -0.600. The van der Waals surface area contributed by atoms with Gasteiger partial charge in [-0.1, -0.05) is 28.1 Å². The minimum absolute atomic E-state index is 0.644. The zero-order valence-electron chi connectivity index (χ0n) is 7.39. The van der Waals surface area contributed by atoms with E-state index in [1.807, 2.05) is 0 Å². The second-order valence-corrected chi connectivity index (χ2v) is 4.18. The molecular weight excluding hydrogens is 226 g/mol. The van der Waals surface area contributed by atoms with Crippen molar-refractivity contribution in [3.8, 4) is 0 Å². The average molecular weight is 238 g/mol. The lowest BCUT2D eigenvalue weighted by Crippen LogP contribution is -1.94. The zero-order valence-corrected chi connectivity index (χ0v) is 8.97. The Morgan fingerprint density at radius 3 is 3.00 bits per heavy atom. The van der Waals surface area contributed by atoms with Crippen molar-refractivity contribution in [2.24, 2.45) is 5.73 Å². The van der Waals surface area contributed by atoms with Gasteiger partial charge in [0.05, 0.1) is 0 Å². The molecule has 0 spiro atoms. The molecule has 0 fully saturated rings. The van der Waals surface area contributed by atoms with Crippen molar-refractivity contribution in [3.05, 3.63) is 39.9 Å². The van der Waals surface area contributed by atoms with E-state index in [0.29, 0.717) is 6.54 Å². The van der Waals surface area contributed by atoms with Gasteiger partial charge in [-0.3, -0.25) is 0 Å². The maximum absolute atomic E-state index is 5.51. The third-order valence-corrected chi connectivity index (χ3v) is 2.93. The molecule has 0 aromatic heterocycles. The molecule has 2 heteroatoms. The van der Waals surface area contributed by atoms with Crippen molar-refractivity contribution < 1.29 is 0 Å². The van der Waals surface area contributed by atoms with Gasteiger partial charge in [0.1, 0.15) is 0 Å². The van der Waals surface area contributed by atoms with Gasteiger partial charge in [-0.25, -0.2) is 0 Å². The molecule has 0 aliphatic heterocycles. The lowest BCUT2D eigenvalue weighted by Gasteiger charge is -2.00. The largest absolute Gasteiger partial charge is 0.327 e. The Balaban J connectivity index is 2.44. The van der Waals surface area contributed by atoms with Crippen LogP contribution >= 0.6 is 15.9 Å². The van der Waals surface area contributed by atoms with Crippen molar-refractivity contribution >= 4 is 21.5 Å². The van der Waals surface area contributed by atoms with E-state index < -0.39 is 0 Å². The Labute approximate surface area is 86.8 Å². The molecule has 1 aliphatic rings. The van der Waals surface area contributed by atoms with Crippen molar-refractivity contribution in [2.45, 2.75) is 12.8 Å². The van der Waals surface area contributed by atoms with Gasteiger partial charge in [-0.05, 0) is 41.7 Å². The predicted octanol–water partition coefficient (Wildman–Crippen LogP) is 2.74. The minimum Gasteiger partial charge on any atom is -0.327 e. The summed E-state index contributed by atoms with van der Waals surface area (Å²) in [5.74, 6) is 0. The number of allylic oxidation sites excluding steroid dienone is 1. The highest BCUT2D eigenvalue weighted by Crippen LogP contribution is 2.33.